The van der Waals surface area contributed by atoms with Gasteiger partial charge in [-0.25, -0.2) is 13.2 Å². The van der Waals surface area contributed by atoms with Crippen molar-refractivity contribution >= 4 is 17.3 Å². The monoisotopic (exact) mass is 280 g/mol. The molecule has 0 aliphatic heterocycles. The first kappa shape index (κ1) is 13.9. The van der Waals surface area contributed by atoms with Gasteiger partial charge in [0, 0.05) is 13.1 Å². The SMILES string of the molecule is CNc1c(F)cccc1C(=O)Nc1cc(F)ccc1F. The lowest BCUT2D eigenvalue weighted by molar-refractivity contribution is 0.102. The fourth-order valence-corrected chi connectivity index (χ4v) is 1.75. The van der Waals surface area contributed by atoms with Gasteiger partial charge in [0.2, 0.25) is 0 Å². The van der Waals surface area contributed by atoms with Crippen LogP contribution >= 0.6 is 0 Å². The normalized spacial score (nSPS) is 10.2. The van der Waals surface area contributed by atoms with E-state index < -0.39 is 23.4 Å². The maximum absolute atomic E-state index is 13.5. The van der Waals surface area contributed by atoms with Gasteiger partial charge in [-0.15, -0.1) is 0 Å². The Kier molecular flexibility index (Phi) is 3.93. The van der Waals surface area contributed by atoms with E-state index in [2.05, 4.69) is 10.6 Å². The van der Waals surface area contributed by atoms with Crippen molar-refractivity contribution in [1.29, 1.82) is 0 Å². The van der Waals surface area contributed by atoms with Crippen LogP contribution in [0.25, 0.3) is 0 Å². The van der Waals surface area contributed by atoms with E-state index in [0.29, 0.717) is 0 Å². The summed E-state index contributed by atoms with van der Waals surface area (Å²) in [6, 6.07) is 6.60. The van der Waals surface area contributed by atoms with Crippen molar-refractivity contribution in [3.05, 3.63) is 59.4 Å². The number of anilines is 2. The summed E-state index contributed by atoms with van der Waals surface area (Å²) < 4.78 is 40.0. The van der Waals surface area contributed by atoms with E-state index in [9.17, 15) is 18.0 Å². The second-order valence-corrected chi connectivity index (χ2v) is 3.99. The Bertz CT molecular complexity index is 659. The van der Waals surface area contributed by atoms with Gasteiger partial charge in [-0.05, 0) is 24.3 Å². The van der Waals surface area contributed by atoms with E-state index >= 15 is 0 Å². The molecule has 0 fully saturated rings. The van der Waals surface area contributed by atoms with E-state index in [1.807, 2.05) is 0 Å². The number of para-hydroxylation sites is 1. The van der Waals surface area contributed by atoms with Crippen molar-refractivity contribution in [3.8, 4) is 0 Å². The maximum Gasteiger partial charge on any atom is 0.257 e. The Balaban J connectivity index is 2.33. The molecule has 0 unspecified atom stereocenters. The molecule has 2 N–H and O–H groups in total. The zero-order chi connectivity index (χ0) is 14.7. The van der Waals surface area contributed by atoms with Crippen LogP contribution in [-0.4, -0.2) is 13.0 Å². The van der Waals surface area contributed by atoms with Crippen LogP contribution < -0.4 is 10.6 Å². The average molecular weight is 280 g/mol. The van der Waals surface area contributed by atoms with Crippen LogP contribution in [0.15, 0.2) is 36.4 Å². The molecule has 1 amide bonds. The van der Waals surface area contributed by atoms with Crippen LogP contribution in [0.5, 0.6) is 0 Å². The van der Waals surface area contributed by atoms with Crippen LogP contribution in [-0.2, 0) is 0 Å². The lowest BCUT2D eigenvalue weighted by Crippen LogP contribution is -2.15. The first-order valence-electron chi connectivity index (χ1n) is 5.75. The molecule has 3 nitrogen and oxygen atoms in total. The van der Waals surface area contributed by atoms with Gasteiger partial charge in [0.05, 0.1) is 16.9 Å². The summed E-state index contributed by atoms with van der Waals surface area (Å²) in [7, 11) is 1.46. The van der Waals surface area contributed by atoms with Crippen LogP contribution in [0.3, 0.4) is 0 Å². The summed E-state index contributed by atoms with van der Waals surface area (Å²) in [5.74, 6) is -2.81. The van der Waals surface area contributed by atoms with Gasteiger partial charge in [0.25, 0.3) is 5.91 Å². The molecule has 0 saturated carbocycles. The predicted molar refractivity (Wildman–Crippen MR) is 70.3 cm³/mol. The minimum Gasteiger partial charge on any atom is -0.385 e. The molecule has 0 aliphatic carbocycles. The van der Waals surface area contributed by atoms with E-state index in [1.165, 1.54) is 25.2 Å². The largest absolute Gasteiger partial charge is 0.385 e. The average Bonchev–Trinajstić information content (AvgIpc) is 2.42. The van der Waals surface area contributed by atoms with Crippen molar-refractivity contribution in [2.24, 2.45) is 0 Å². The zero-order valence-corrected chi connectivity index (χ0v) is 10.5. The molecule has 0 atom stereocenters. The quantitative estimate of drug-likeness (QED) is 0.904. The van der Waals surface area contributed by atoms with Crippen molar-refractivity contribution < 1.29 is 18.0 Å². The van der Waals surface area contributed by atoms with Gasteiger partial charge >= 0.3 is 0 Å². The summed E-state index contributed by atoms with van der Waals surface area (Å²) in [5, 5.41) is 4.76. The Morgan fingerprint density at radius 1 is 1.05 bits per heavy atom. The maximum atomic E-state index is 13.5. The fraction of sp³-hybridized carbons (Fsp3) is 0.0714. The fourth-order valence-electron chi connectivity index (χ4n) is 1.75. The standard InChI is InChI=1S/C14H11F3N2O/c1-18-13-9(3-2-4-11(13)17)14(20)19-12-7-8(15)5-6-10(12)16/h2-7,18H,1H3,(H,19,20). The van der Waals surface area contributed by atoms with Crippen LogP contribution in [0.4, 0.5) is 24.5 Å². The molecule has 20 heavy (non-hydrogen) atoms. The lowest BCUT2D eigenvalue weighted by atomic mass is 10.1. The summed E-state index contributed by atoms with van der Waals surface area (Å²) in [4.78, 5) is 12.0. The molecular weight excluding hydrogens is 269 g/mol. The van der Waals surface area contributed by atoms with E-state index in [4.69, 9.17) is 0 Å². The number of carbonyl (C=O) groups excluding carboxylic acids is 1. The third kappa shape index (κ3) is 2.74. The molecular formula is C14H11F3N2O. The van der Waals surface area contributed by atoms with Gasteiger partial charge < -0.3 is 10.6 Å². The molecule has 0 aliphatic rings. The van der Waals surface area contributed by atoms with Gasteiger partial charge in [-0.1, -0.05) is 6.07 Å². The third-order valence-corrected chi connectivity index (χ3v) is 2.68. The highest BCUT2D eigenvalue weighted by Gasteiger charge is 2.16. The molecule has 0 heterocycles. The highest BCUT2D eigenvalue weighted by atomic mass is 19.1. The lowest BCUT2D eigenvalue weighted by Gasteiger charge is -2.11. The molecule has 104 valence electrons. The number of amides is 1. The first-order valence-corrected chi connectivity index (χ1v) is 5.75. The summed E-state index contributed by atoms with van der Waals surface area (Å²) in [6.07, 6.45) is 0. The van der Waals surface area contributed by atoms with Gasteiger partial charge in [0.15, 0.2) is 0 Å². The number of benzene rings is 2. The minimum absolute atomic E-state index is 0.00355. The van der Waals surface area contributed by atoms with Crippen LogP contribution in [0, 0.1) is 17.5 Å². The van der Waals surface area contributed by atoms with Gasteiger partial charge in [-0.3, -0.25) is 4.79 Å². The summed E-state index contributed by atoms with van der Waals surface area (Å²) in [6.45, 7) is 0. The second-order valence-electron chi connectivity index (χ2n) is 3.99. The smallest absolute Gasteiger partial charge is 0.257 e. The first-order chi connectivity index (χ1) is 9.52. The summed E-state index contributed by atoms with van der Waals surface area (Å²) >= 11 is 0. The van der Waals surface area contributed by atoms with E-state index in [0.717, 1.165) is 18.2 Å². The number of hydrogen-bond acceptors (Lipinski definition) is 2. The zero-order valence-electron chi connectivity index (χ0n) is 10.5. The van der Waals surface area contributed by atoms with Crippen molar-refractivity contribution in [2.75, 3.05) is 17.7 Å². The van der Waals surface area contributed by atoms with E-state index in [-0.39, 0.29) is 16.9 Å². The number of nitrogens with one attached hydrogen (secondary N) is 2. The number of hydrogen-bond donors (Lipinski definition) is 2. The molecule has 0 spiro atoms. The number of carbonyl (C=O) groups is 1. The number of halogens is 3. The predicted octanol–water partition coefficient (Wildman–Crippen LogP) is 3.40. The molecule has 6 heteroatoms. The van der Waals surface area contributed by atoms with Crippen LogP contribution in [0.2, 0.25) is 0 Å². The molecule has 0 bridgehead atoms. The second kappa shape index (κ2) is 5.64. The summed E-state index contributed by atoms with van der Waals surface area (Å²) in [5.41, 5.74) is -0.320. The molecule has 2 rings (SSSR count). The number of rotatable bonds is 3. The molecule has 2 aromatic rings. The van der Waals surface area contributed by atoms with Crippen LogP contribution in [0.1, 0.15) is 10.4 Å². The minimum atomic E-state index is -0.776. The van der Waals surface area contributed by atoms with E-state index in [1.54, 1.807) is 0 Å². The Hall–Kier alpha value is -2.50. The Morgan fingerprint density at radius 2 is 1.80 bits per heavy atom. The Morgan fingerprint density at radius 3 is 2.50 bits per heavy atom. The highest BCUT2D eigenvalue weighted by Crippen LogP contribution is 2.22. The topological polar surface area (TPSA) is 41.1 Å². The highest BCUT2D eigenvalue weighted by molar-refractivity contribution is 6.08. The Labute approximate surface area is 113 Å². The molecule has 0 saturated heterocycles. The third-order valence-electron chi connectivity index (χ3n) is 2.68. The molecule has 0 aromatic heterocycles. The molecule has 2 aromatic carbocycles. The van der Waals surface area contributed by atoms with Crippen molar-refractivity contribution in [1.82, 2.24) is 0 Å². The van der Waals surface area contributed by atoms with Gasteiger partial charge in [0.1, 0.15) is 17.5 Å². The molecule has 0 radical (unpaired) electrons. The van der Waals surface area contributed by atoms with Crippen molar-refractivity contribution in [3.63, 3.8) is 0 Å². The van der Waals surface area contributed by atoms with Gasteiger partial charge in [-0.2, -0.15) is 0 Å². The van der Waals surface area contributed by atoms with Crippen molar-refractivity contribution in [2.45, 2.75) is 0 Å².